The molecule has 12 heavy (non-hydrogen) atoms. The van der Waals surface area contributed by atoms with Crippen LogP contribution in [0.2, 0.25) is 0 Å². The molecule has 0 aromatic heterocycles. The van der Waals surface area contributed by atoms with Crippen molar-refractivity contribution in [1.82, 2.24) is 0 Å². The maximum atomic E-state index is 11.5. The van der Waals surface area contributed by atoms with E-state index in [9.17, 15) is 4.79 Å². The average molecular weight is 231 g/mol. The van der Waals surface area contributed by atoms with Gasteiger partial charge in [-0.25, -0.2) is 0 Å². The van der Waals surface area contributed by atoms with Gasteiger partial charge in [-0.1, -0.05) is 35.7 Å². The van der Waals surface area contributed by atoms with Crippen LogP contribution >= 0.6 is 15.9 Å². The van der Waals surface area contributed by atoms with Crippen molar-refractivity contribution in [3.63, 3.8) is 0 Å². The number of carbonyl (C=O) groups is 1. The number of fused-ring (bicyclic) bond motifs is 1. The molecule has 2 aliphatic carbocycles. The van der Waals surface area contributed by atoms with Crippen LogP contribution in [0.15, 0.2) is 0 Å². The van der Waals surface area contributed by atoms with Crippen LogP contribution in [-0.2, 0) is 4.79 Å². The molecule has 0 N–H and O–H groups in total. The molecule has 2 saturated carbocycles. The molecule has 0 aliphatic heterocycles. The van der Waals surface area contributed by atoms with Crippen LogP contribution in [0.25, 0.3) is 0 Å². The van der Waals surface area contributed by atoms with E-state index in [4.69, 9.17) is 0 Å². The number of carbonyl (C=O) groups excluding carboxylic acids is 1. The Kier molecular flexibility index (Phi) is 2.06. The number of rotatable bonds is 0. The number of alkyl halides is 1. The normalized spacial score (nSPS) is 47.7. The summed E-state index contributed by atoms with van der Waals surface area (Å²) in [5, 5.41) is 0. The van der Waals surface area contributed by atoms with Gasteiger partial charge in [0.05, 0.1) is 4.83 Å². The van der Waals surface area contributed by atoms with Gasteiger partial charge in [-0.3, -0.25) is 4.79 Å². The van der Waals surface area contributed by atoms with Gasteiger partial charge in [-0.2, -0.15) is 0 Å². The highest BCUT2D eigenvalue weighted by Gasteiger charge is 2.50. The Hall–Kier alpha value is 0.150. The Morgan fingerprint density at radius 2 is 2.25 bits per heavy atom. The Morgan fingerprint density at radius 1 is 1.50 bits per heavy atom. The number of hydrogen-bond donors (Lipinski definition) is 0. The SMILES string of the molecule is C[C@]12CCCC[C@@H]1CC(=O)C2Br. The Morgan fingerprint density at radius 3 is 2.92 bits per heavy atom. The van der Waals surface area contributed by atoms with Crippen molar-refractivity contribution in [2.75, 3.05) is 0 Å². The third kappa shape index (κ3) is 1.07. The molecule has 2 rings (SSSR count). The maximum absolute atomic E-state index is 11.5. The maximum Gasteiger partial charge on any atom is 0.147 e. The highest BCUT2D eigenvalue weighted by Crippen LogP contribution is 2.53. The standard InChI is InChI=1S/C10H15BrO/c1-10-5-3-2-4-7(10)6-8(12)9(10)11/h7,9H,2-6H2,1H3/t7-,9?,10+/m1/s1. The fourth-order valence-electron chi connectivity index (χ4n) is 2.81. The largest absolute Gasteiger partial charge is 0.298 e. The summed E-state index contributed by atoms with van der Waals surface area (Å²) >= 11 is 3.55. The molecule has 3 atom stereocenters. The van der Waals surface area contributed by atoms with E-state index in [2.05, 4.69) is 22.9 Å². The van der Waals surface area contributed by atoms with E-state index in [1.165, 1.54) is 25.7 Å². The highest BCUT2D eigenvalue weighted by molar-refractivity contribution is 9.10. The second kappa shape index (κ2) is 2.83. The summed E-state index contributed by atoms with van der Waals surface area (Å²) in [6.07, 6.45) is 5.96. The van der Waals surface area contributed by atoms with Crippen LogP contribution in [-0.4, -0.2) is 10.6 Å². The van der Waals surface area contributed by atoms with Gasteiger partial charge >= 0.3 is 0 Å². The molecule has 0 bridgehead atoms. The van der Waals surface area contributed by atoms with E-state index < -0.39 is 0 Å². The molecule has 2 fully saturated rings. The molecule has 1 nitrogen and oxygen atoms in total. The summed E-state index contributed by atoms with van der Waals surface area (Å²) in [7, 11) is 0. The first-order valence-electron chi connectivity index (χ1n) is 4.81. The van der Waals surface area contributed by atoms with Crippen molar-refractivity contribution in [1.29, 1.82) is 0 Å². The fraction of sp³-hybridized carbons (Fsp3) is 0.900. The zero-order valence-electron chi connectivity index (χ0n) is 7.48. The van der Waals surface area contributed by atoms with Crippen LogP contribution in [0.5, 0.6) is 0 Å². The molecule has 0 spiro atoms. The van der Waals surface area contributed by atoms with E-state index in [1.807, 2.05) is 0 Å². The van der Waals surface area contributed by atoms with E-state index in [-0.39, 0.29) is 10.2 Å². The second-order valence-corrected chi connectivity index (χ2v) is 5.40. The topological polar surface area (TPSA) is 17.1 Å². The molecule has 0 aromatic rings. The molecular weight excluding hydrogens is 216 g/mol. The molecule has 1 unspecified atom stereocenters. The monoisotopic (exact) mass is 230 g/mol. The van der Waals surface area contributed by atoms with Gasteiger partial charge in [0.15, 0.2) is 0 Å². The van der Waals surface area contributed by atoms with Crippen molar-refractivity contribution in [3.05, 3.63) is 0 Å². The van der Waals surface area contributed by atoms with Gasteiger partial charge in [-0.15, -0.1) is 0 Å². The summed E-state index contributed by atoms with van der Waals surface area (Å²) in [6.45, 7) is 2.28. The minimum atomic E-state index is 0.148. The Labute approximate surface area is 82.0 Å². The van der Waals surface area contributed by atoms with Crippen molar-refractivity contribution in [2.24, 2.45) is 11.3 Å². The van der Waals surface area contributed by atoms with Crippen LogP contribution in [0.4, 0.5) is 0 Å². The second-order valence-electron chi connectivity index (χ2n) is 4.48. The van der Waals surface area contributed by atoms with Gasteiger partial charge in [0.2, 0.25) is 0 Å². The molecule has 2 heteroatoms. The lowest BCUT2D eigenvalue weighted by Gasteiger charge is -2.37. The summed E-state index contributed by atoms with van der Waals surface area (Å²) < 4.78 is 0. The van der Waals surface area contributed by atoms with Crippen LogP contribution in [0.3, 0.4) is 0 Å². The van der Waals surface area contributed by atoms with Crippen molar-refractivity contribution in [2.45, 2.75) is 43.9 Å². The number of Topliss-reactive ketones (excluding diaryl/α,β-unsaturated/α-hetero) is 1. The zero-order valence-corrected chi connectivity index (χ0v) is 9.06. The van der Waals surface area contributed by atoms with Crippen LogP contribution < -0.4 is 0 Å². The molecule has 2 aliphatic rings. The number of hydrogen-bond acceptors (Lipinski definition) is 1. The fourth-order valence-corrected chi connectivity index (χ4v) is 3.60. The minimum Gasteiger partial charge on any atom is -0.298 e. The van der Waals surface area contributed by atoms with Crippen molar-refractivity contribution < 1.29 is 4.79 Å². The lowest BCUT2D eigenvalue weighted by Crippen LogP contribution is -2.33. The molecule has 68 valence electrons. The molecule has 0 heterocycles. The van der Waals surface area contributed by atoms with E-state index >= 15 is 0 Å². The summed E-state index contributed by atoms with van der Waals surface area (Å²) in [5.74, 6) is 1.10. The van der Waals surface area contributed by atoms with Gasteiger partial charge in [-0.05, 0) is 24.2 Å². The van der Waals surface area contributed by atoms with Gasteiger partial charge in [0, 0.05) is 6.42 Å². The number of halogens is 1. The highest BCUT2D eigenvalue weighted by atomic mass is 79.9. The van der Waals surface area contributed by atoms with Gasteiger partial charge < -0.3 is 0 Å². The van der Waals surface area contributed by atoms with E-state index in [1.54, 1.807) is 0 Å². The molecule has 0 aromatic carbocycles. The molecule has 0 radical (unpaired) electrons. The van der Waals surface area contributed by atoms with Crippen LogP contribution in [0, 0.1) is 11.3 Å². The summed E-state index contributed by atoms with van der Waals surface area (Å²) in [4.78, 5) is 11.6. The Bertz CT molecular complexity index is 214. The summed E-state index contributed by atoms with van der Waals surface area (Å²) in [5.41, 5.74) is 0.287. The third-order valence-electron chi connectivity index (χ3n) is 3.76. The van der Waals surface area contributed by atoms with Gasteiger partial charge in [0.1, 0.15) is 5.78 Å². The molecule has 0 saturated heterocycles. The molecule has 0 amide bonds. The van der Waals surface area contributed by atoms with Crippen LogP contribution in [0.1, 0.15) is 39.0 Å². The van der Waals surface area contributed by atoms with Gasteiger partial charge in [0.25, 0.3) is 0 Å². The smallest absolute Gasteiger partial charge is 0.147 e. The lowest BCUT2D eigenvalue weighted by atomic mass is 9.70. The lowest BCUT2D eigenvalue weighted by molar-refractivity contribution is -0.117. The predicted molar refractivity (Wildman–Crippen MR) is 52.4 cm³/mol. The zero-order chi connectivity index (χ0) is 8.77. The minimum absolute atomic E-state index is 0.148. The van der Waals surface area contributed by atoms with E-state index in [0.717, 1.165) is 6.42 Å². The third-order valence-corrected chi connectivity index (χ3v) is 5.32. The van der Waals surface area contributed by atoms with E-state index in [0.29, 0.717) is 11.7 Å². The number of ketones is 1. The average Bonchev–Trinajstić information content (AvgIpc) is 2.28. The summed E-state index contributed by atoms with van der Waals surface area (Å²) in [6, 6.07) is 0. The van der Waals surface area contributed by atoms with Crippen molar-refractivity contribution in [3.8, 4) is 0 Å². The van der Waals surface area contributed by atoms with Crippen molar-refractivity contribution >= 4 is 21.7 Å². The first-order chi connectivity index (χ1) is 5.64. The predicted octanol–water partition coefficient (Wildman–Crippen LogP) is 2.92. The first kappa shape index (κ1) is 8.74. The Balaban J connectivity index is 2.25. The molecular formula is C10H15BrO. The quantitative estimate of drug-likeness (QED) is 0.586. The first-order valence-corrected chi connectivity index (χ1v) is 5.73.